The zero-order valence-corrected chi connectivity index (χ0v) is 15.2. The average molecular weight is 340 g/mol. The van der Waals surface area contributed by atoms with Crippen molar-refractivity contribution >= 4 is 5.91 Å². The summed E-state index contributed by atoms with van der Waals surface area (Å²) in [6.45, 7) is 5.38. The zero-order valence-electron chi connectivity index (χ0n) is 15.2. The summed E-state index contributed by atoms with van der Waals surface area (Å²) in [6.07, 6.45) is 5.29. The van der Waals surface area contributed by atoms with Crippen molar-refractivity contribution in [3.05, 3.63) is 0 Å². The maximum absolute atomic E-state index is 12.2. The Kier molecular flexibility index (Phi) is 6.13. The molecular formula is C18H32N2O4. The molecule has 0 aromatic rings. The highest BCUT2D eigenvalue weighted by Gasteiger charge is 2.43. The van der Waals surface area contributed by atoms with Gasteiger partial charge in [-0.1, -0.05) is 0 Å². The third-order valence-corrected chi connectivity index (χ3v) is 5.56. The quantitative estimate of drug-likeness (QED) is 0.751. The van der Waals surface area contributed by atoms with Crippen LogP contribution in [0.4, 0.5) is 0 Å². The summed E-state index contributed by atoms with van der Waals surface area (Å²) in [6, 6.07) is 0. The van der Waals surface area contributed by atoms with E-state index in [1.807, 2.05) is 23.9 Å². The molecule has 24 heavy (non-hydrogen) atoms. The first-order valence-corrected chi connectivity index (χ1v) is 9.32. The molecule has 0 radical (unpaired) electrons. The summed E-state index contributed by atoms with van der Waals surface area (Å²) in [4.78, 5) is 16.1. The molecule has 0 aromatic carbocycles. The van der Waals surface area contributed by atoms with Crippen molar-refractivity contribution in [2.75, 3.05) is 60.2 Å². The van der Waals surface area contributed by atoms with Gasteiger partial charge in [0.15, 0.2) is 0 Å². The fourth-order valence-electron chi connectivity index (χ4n) is 3.98. The van der Waals surface area contributed by atoms with Gasteiger partial charge in [-0.3, -0.25) is 4.79 Å². The van der Waals surface area contributed by atoms with Crippen LogP contribution in [0, 0.1) is 5.92 Å². The van der Waals surface area contributed by atoms with Gasteiger partial charge in [-0.15, -0.1) is 0 Å². The Bertz CT molecular complexity index is 415. The number of piperidine rings is 1. The summed E-state index contributed by atoms with van der Waals surface area (Å²) in [5, 5.41) is 0. The second-order valence-corrected chi connectivity index (χ2v) is 7.83. The van der Waals surface area contributed by atoms with Crippen LogP contribution in [0.3, 0.4) is 0 Å². The lowest BCUT2D eigenvalue weighted by Gasteiger charge is -2.39. The van der Waals surface area contributed by atoms with Gasteiger partial charge in [0.25, 0.3) is 0 Å². The molecule has 6 nitrogen and oxygen atoms in total. The number of carbonyl (C=O) groups excluding carboxylic acids is 1. The maximum atomic E-state index is 12.2. The second kappa shape index (κ2) is 8.13. The molecule has 3 saturated heterocycles. The summed E-state index contributed by atoms with van der Waals surface area (Å²) in [5.74, 6) is 0.862. The monoisotopic (exact) mass is 340 g/mol. The normalized spacial score (nSPS) is 28.0. The third kappa shape index (κ3) is 4.69. The van der Waals surface area contributed by atoms with Crippen molar-refractivity contribution in [1.82, 2.24) is 9.80 Å². The van der Waals surface area contributed by atoms with Gasteiger partial charge in [0, 0.05) is 32.7 Å². The highest BCUT2D eigenvalue weighted by molar-refractivity contribution is 5.78. The van der Waals surface area contributed by atoms with Crippen LogP contribution in [-0.4, -0.2) is 87.6 Å². The summed E-state index contributed by atoms with van der Waals surface area (Å²) in [5.41, 5.74) is -0.0603. The van der Waals surface area contributed by atoms with Gasteiger partial charge in [-0.2, -0.15) is 0 Å². The predicted octanol–water partition coefficient (Wildman–Crippen LogP) is 1.14. The first-order chi connectivity index (χ1) is 11.6. The van der Waals surface area contributed by atoms with Gasteiger partial charge in [0.05, 0.1) is 31.5 Å². The predicted molar refractivity (Wildman–Crippen MR) is 91.0 cm³/mol. The molecule has 138 valence electrons. The Morgan fingerprint density at radius 2 is 1.96 bits per heavy atom. The summed E-state index contributed by atoms with van der Waals surface area (Å²) >= 11 is 0. The van der Waals surface area contributed by atoms with E-state index >= 15 is 0 Å². The molecule has 0 unspecified atom stereocenters. The van der Waals surface area contributed by atoms with Crippen molar-refractivity contribution in [2.24, 2.45) is 5.92 Å². The molecule has 3 heterocycles. The summed E-state index contributed by atoms with van der Waals surface area (Å²) in [7, 11) is 3.87. The van der Waals surface area contributed by atoms with Crippen molar-refractivity contribution in [3.8, 4) is 0 Å². The van der Waals surface area contributed by atoms with E-state index in [1.54, 1.807) is 0 Å². The van der Waals surface area contributed by atoms with E-state index in [0.717, 1.165) is 65.0 Å². The largest absolute Gasteiger partial charge is 0.381 e. The van der Waals surface area contributed by atoms with Gasteiger partial charge in [0.2, 0.25) is 5.91 Å². The van der Waals surface area contributed by atoms with Crippen molar-refractivity contribution < 1.29 is 19.0 Å². The van der Waals surface area contributed by atoms with Crippen LogP contribution < -0.4 is 0 Å². The Hall–Kier alpha value is -0.690. The lowest BCUT2D eigenvalue weighted by Crippen LogP contribution is -2.48. The Balaban J connectivity index is 1.40. The molecule has 0 aliphatic carbocycles. The van der Waals surface area contributed by atoms with Crippen LogP contribution in [-0.2, 0) is 19.0 Å². The topological polar surface area (TPSA) is 51.2 Å². The molecule has 3 aliphatic rings. The smallest absolute Gasteiger partial charge is 0.236 e. The van der Waals surface area contributed by atoms with Crippen LogP contribution in [0.2, 0.25) is 0 Å². The molecular weight excluding hydrogens is 308 g/mol. The number of hydrogen-bond acceptors (Lipinski definition) is 5. The van der Waals surface area contributed by atoms with Gasteiger partial charge < -0.3 is 24.0 Å². The van der Waals surface area contributed by atoms with Gasteiger partial charge >= 0.3 is 0 Å². The van der Waals surface area contributed by atoms with E-state index in [9.17, 15) is 4.79 Å². The van der Waals surface area contributed by atoms with Gasteiger partial charge in [-0.05, 0) is 45.7 Å². The first kappa shape index (κ1) is 18.1. The Morgan fingerprint density at radius 3 is 2.62 bits per heavy atom. The Morgan fingerprint density at radius 1 is 1.25 bits per heavy atom. The molecule has 1 atom stereocenters. The molecule has 1 spiro atoms. The van der Waals surface area contributed by atoms with E-state index in [4.69, 9.17) is 14.2 Å². The minimum Gasteiger partial charge on any atom is -0.381 e. The molecule has 3 rings (SSSR count). The number of nitrogens with zero attached hydrogens (tertiary/aromatic N) is 2. The lowest BCUT2D eigenvalue weighted by molar-refractivity contribution is -0.136. The van der Waals surface area contributed by atoms with E-state index in [-0.39, 0.29) is 17.6 Å². The van der Waals surface area contributed by atoms with E-state index in [2.05, 4.69) is 0 Å². The van der Waals surface area contributed by atoms with Crippen molar-refractivity contribution in [3.63, 3.8) is 0 Å². The van der Waals surface area contributed by atoms with Gasteiger partial charge in [-0.25, -0.2) is 0 Å². The highest BCUT2D eigenvalue weighted by atomic mass is 16.6. The van der Waals surface area contributed by atoms with Crippen LogP contribution in [0.15, 0.2) is 0 Å². The third-order valence-electron chi connectivity index (χ3n) is 5.56. The molecule has 0 aromatic heterocycles. The van der Waals surface area contributed by atoms with E-state index in [0.29, 0.717) is 19.1 Å². The van der Waals surface area contributed by atoms with E-state index in [1.165, 1.54) is 0 Å². The number of carbonyl (C=O) groups is 1. The molecule has 0 bridgehead atoms. The first-order valence-electron chi connectivity index (χ1n) is 9.32. The summed E-state index contributed by atoms with van der Waals surface area (Å²) < 4.78 is 17.7. The molecule has 6 heteroatoms. The molecule has 1 amide bonds. The van der Waals surface area contributed by atoms with Crippen LogP contribution in [0.25, 0.3) is 0 Å². The molecule has 0 saturated carbocycles. The van der Waals surface area contributed by atoms with Gasteiger partial charge in [0.1, 0.15) is 0 Å². The number of ether oxygens (including phenoxy) is 3. The number of rotatable bonds is 5. The number of amides is 1. The van der Waals surface area contributed by atoms with Crippen LogP contribution >= 0.6 is 0 Å². The molecule has 0 N–H and O–H groups in total. The minimum atomic E-state index is -0.0603. The fraction of sp³-hybridized carbons (Fsp3) is 0.944. The highest BCUT2D eigenvalue weighted by Crippen LogP contribution is 2.37. The molecule has 3 aliphatic heterocycles. The van der Waals surface area contributed by atoms with Crippen LogP contribution in [0.1, 0.15) is 32.1 Å². The minimum absolute atomic E-state index is 0.0603. The zero-order chi connectivity index (χ0) is 17.0. The fourth-order valence-corrected chi connectivity index (χ4v) is 3.98. The molecule has 3 fully saturated rings. The standard InChI is InChI=1S/C18H32N2O4/c1-19(2)12-17(21)20-7-5-18(6-8-20)11-16(14-24-18)23-13-15-3-9-22-10-4-15/h15-16H,3-14H2,1-2H3/t16-/m1/s1. The maximum Gasteiger partial charge on any atom is 0.236 e. The SMILES string of the molecule is CN(C)CC(=O)N1CCC2(CC1)C[C@@H](OCC1CCOCC1)CO2. The van der Waals surface area contributed by atoms with Crippen molar-refractivity contribution in [2.45, 2.75) is 43.8 Å². The van der Waals surface area contributed by atoms with Crippen molar-refractivity contribution in [1.29, 1.82) is 0 Å². The van der Waals surface area contributed by atoms with Crippen LogP contribution in [0.5, 0.6) is 0 Å². The number of likely N-dealkylation sites (N-methyl/N-ethyl adjacent to an activating group) is 1. The van der Waals surface area contributed by atoms with E-state index < -0.39 is 0 Å². The average Bonchev–Trinajstić information content (AvgIpc) is 2.97. The lowest BCUT2D eigenvalue weighted by atomic mass is 9.88. The number of hydrogen-bond donors (Lipinski definition) is 0. The Labute approximate surface area is 145 Å². The number of likely N-dealkylation sites (tertiary alicyclic amines) is 1. The second-order valence-electron chi connectivity index (χ2n) is 7.83.